The SMILES string of the molecule is O=C(NCc1ccccn1)c1cc(Cl)ccc1F. The highest BCUT2D eigenvalue weighted by Crippen LogP contribution is 2.14. The van der Waals surface area contributed by atoms with E-state index in [-0.39, 0.29) is 12.1 Å². The number of amides is 1. The Bertz CT molecular complexity index is 560. The van der Waals surface area contributed by atoms with Crippen LogP contribution in [0.2, 0.25) is 5.02 Å². The molecule has 2 aromatic rings. The van der Waals surface area contributed by atoms with Gasteiger partial charge >= 0.3 is 0 Å². The number of halogens is 2. The number of nitrogens with one attached hydrogen (secondary N) is 1. The molecular weight excluding hydrogens is 255 g/mol. The van der Waals surface area contributed by atoms with E-state index in [2.05, 4.69) is 10.3 Å². The molecule has 0 atom stereocenters. The zero-order valence-corrected chi connectivity index (χ0v) is 10.1. The number of rotatable bonds is 3. The van der Waals surface area contributed by atoms with Crippen LogP contribution in [0.5, 0.6) is 0 Å². The molecule has 2 rings (SSSR count). The Hall–Kier alpha value is -1.94. The highest BCUT2D eigenvalue weighted by molar-refractivity contribution is 6.30. The van der Waals surface area contributed by atoms with E-state index in [9.17, 15) is 9.18 Å². The minimum atomic E-state index is -0.599. The maximum Gasteiger partial charge on any atom is 0.254 e. The number of carbonyl (C=O) groups excluding carboxylic acids is 1. The van der Waals surface area contributed by atoms with Crippen LogP contribution in [0.3, 0.4) is 0 Å². The van der Waals surface area contributed by atoms with Gasteiger partial charge in [-0.15, -0.1) is 0 Å². The normalized spacial score (nSPS) is 10.1. The predicted molar refractivity (Wildman–Crippen MR) is 66.8 cm³/mol. The van der Waals surface area contributed by atoms with Crippen molar-refractivity contribution in [3.8, 4) is 0 Å². The third-order valence-electron chi connectivity index (χ3n) is 2.33. The van der Waals surface area contributed by atoms with Crippen molar-refractivity contribution in [2.45, 2.75) is 6.54 Å². The van der Waals surface area contributed by atoms with Gasteiger partial charge in [-0.1, -0.05) is 17.7 Å². The van der Waals surface area contributed by atoms with Gasteiger partial charge < -0.3 is 5.32 Å². The molecule has 0 spiro atoms. The fraction of sp³-hybridized carbons (Fsp3) is 0.0769. The van der Waals surface area contributed by atoms with E-state index in [0.29, 0.717) is 10.7 Å². The number of aromatic nitrogens is 1. The molecule has 18 heavy (non-hydrogen) atoms. The van der Waals surface area contributed by atoms with Crippen molar-refractivity contribution in [2.24, 2.45) is 0 Å². The zero-order valence-electron chi connectivity index (χ0n) is 9.36. The van der Waals surface area contributed by atoms with Crippen LogP contribution in [0.25, 0.3) is 0 Å². The lowest BCUT2D eigenvalue weighted by atomic mass is 10.2. The van der Waals surface area contributed by atoms with Crippen LogP contribution in [-0.4, -0.2) is 10.9 Å². The van der Waals surface area contributed by atoms with Crippen molar-refractivity contribution in [3.05, 3.63) is 64.7 Å². The lowest BCUT2D eigenvalue weighted by molar-refractivity contribution is 0.0946. The van der Waals surface area contributed by atoms with Crippen LogP contribution < -0.4 is 5.32 Å². The number of hydrogen-bond donors (Lipinski definition) is 1. The van der Waals surface area contributed by atoms with Gasteiger partial charge in [0.25, 0.3) is 5.91 Å². The van der Waals surface area contributed by atoms with E-state index in [1.165, 1.54) is 12.1 Å². The van der Waals surface area contributed by atoms with E-state index in [0.717, 1.165) is 6.07 Å². The minimum absolute atomic E-state index is 0.0709. The number of nitrogens with zero attached hydrogens (tertiary/aromatic N) is 1. The number of pyridine rings is 1. The van der Waals surface area contributed by atoms with E-state index < -0.39 is 11.7 Å². The fourth-order valence-electron chi connectivity index (χ4n) is 1.44. The third-order valence-corrected chi connectivity index (χ3v) is 2.56. The molecule has 0 saturated carbocycles. The lowest BCUT2D eigenvalue weighted by Gasteiger charge is -2.06. The summed E-state index contributed by atoms with van der Waals surface area (Å²) in [7, 11) is 0. The van der Waals surface area contributed by atoms with Gasteiger partial charge in [0.2, 0.25) is 0 Å². The van der Waals surface area contributed by atoms with Crippen LogP contribution in [0.1, 0.15) is 16.1 Å². The molecule has 0 radical (unpaired) electrons. The summed E-state index contributed by atoms with van der Waals surface area (Å²) < 4.78 is 13.4. The minimum Gasteiger partial charge on any atom is -0.346 e. The molecule has 1 aromatic carbocycles. The van der Waals surface area contributed by atoms with Crippen LogP contribution in [0, 0.1) is 5.82 Å². The average molecular weight is 265 g/mol. The second-order valence-electron chi connectivity index (χ2n) is 3.63. The van der Waals surface area contributed by atoms with Gasteiger partial charge in [-0.25, -0.2) is 4.39 Å². The predicted octanol–water partition coefficient (Wildman–Crippen LogP) is 2.80. The van der Waals surface area contributed by atoms with E-state index in [1.807, 2.05) is 6.07 Å². The Morgan fingerprint density at radius 2 is 2.17 bits per heavy atom. The van der Waals surface area contributed by atoms with Crippen LogP contribution in [0.4, 0.5) is 4.39 Å². The summed E-state index contributed by atoms with van der Waals surface area (Å²) in [6.45, 7) is 0.242. The first-order chi connectivity index (χ1) is 8.66. The third kappa shape index (κ3) is 3.05. The standard InChI is InChI=1S/C13H10ClFN2O/c14-9-4-5-12(15)11(7-9)13(18)17-8-10-3-1-2-6-16-10/h1-7H,8H2,(H,17,18). The van der Waals surface area contributed by atoms with Gasteiger partial charge in [-0.3, -0.25) is 9.78 Å². The van der Waals surface area contributed by atoms with Gasteiger partial charge in [0.1, 0.15) is 5.82 Å². The number of hydrogen-bond acceptors (Lipinski definition) is 2. The molecule has 0 aliphatic rings. The molecule has 0 bridgehead atoms. The maximum atomic E-state index is 13.4. The molecular formula is C13H10ClFN2O. The van der Waals surface area contributed by atoms with Crippen molar-refractivity contribution in [1.29, 1.82) is 0 Å². The number of benzene rings is 1. The van der Waals surface area contributed by atoms with E-state index in [1.54, 1.807) is 18.3 Å². The topological polar surface area (TPSA) is 42.0 Å². The molecule has 0 aliphatic carbocycles. The molecule has 1 heterocycles. The molecule has 92 valence electrons. The maximum absolute atomic E-state index is 13.4. The Morgan fingerprint density at radius 3 is 2.89 bits per heavy atom. The molecule has 0 saturated heterocycles. The first kappa shape index (κ1) is 12.5. The Balaban J connectivity index is 2.06. The molecule has 5 heteroatoms. The zero-order chi connectivity index (χ0) is 13.0. The summed E-state index contributed by atoms with van der Waals surface area (Å²) in [5, 5.41) is 2.90. The Labute approximate surface area is 109 Å². The fourth-order valence-corrected chi connectivity index (χ4v) is 1.61. The summed E-state index contributed by atoms with van der Waals surface area (Å²) in [6, 6.07) is 9.22. The highest BCUT2D eigenvalue weighted by Gasteiger charge is 2.11. The van der Waals surface area contributed by atoms with E-state index in [4.69, 9.17) is 11.6 Å². The molecule has 0 aliphatic heterocycles. The van der Waals surface area contributed by atoms with Crippen molar-refractivity contribution < 1.29 is 9.18 Å². The summed E-state index contributed by atoms with van der Waals surface area (Å²) >= 11 is 5.72. The van der Waals surface area contributed by atoms with Crippen LogP contribution in [0.15, 0.2) is 42.6 Å². The van der Waals surface area contributed by atoms with Gasteiger partial charge in [-0.2, -0.15) is 0 Å². The van der Waals surface area contributed by atoms with Gasteiger partial charge in [0.05, 0.1) is 17.8 Å². The van der Waals surface area contributed by atoms with Gasteiger partial charge in [0.15, 0.2) is 0 Å². The van der Waals surface area contributed by atoms with Gasteiger partial charge in [-0.05, 0) is 30.3 Å². The smallest absolute Gasteiger partial charge is 0.254 e. The monoisotopic (exact) mass is 264 g/mol. The molecule has 0 fully saturated rings. The molecule has 3 nitrogen and oxygen atoms in total. The Kier molecular flexibility index (Phi) is 3.89. The second kappa shape index (κ2) is 5.60. The summed E-state index contributed by atoms with van der Waals surface area (Å²) in [5.41, 5.74) is 0.631. The molecule has 1 aromatic heterocycles. The van der Waals surface area contributed by atoms with Crippen molar-refractivity contribution in [1.82, 2.24) is 10.3 Å². The second-order valence-corrected chi connectivity index (χ2v) is 4.06. The van der Waals surface area contributed by atoms with E-state index >= 15 is 0 Å². The lowest BCUT2D eigenvalue weighted by Crippen LogP contribution is -2.24. The highest BCUT2D eigenvalue weighted by atomic mass is 35.5. The summed E-state index contributed by atoms with van der Waals surface area (Å²) in [4.78, 5) is 15.8. The first-order valence-corrected chi connectivity index (χ1v) is 5.68. The van der Waals surface area contributed by atoms with Gasteiger partial charge in [0, 0.05) is 11.2 Å². The molecule has 1 amide bonds. The molecule has 0 unspecified atom stereocenters. The quantitative estimate of drug-likeness (QED) is 0.926. The van der Waals surface area contributed by atoms with Crippen molar-refractivity contribution >= 4 is 17.5 Å². The van der Waals surface area contributed by atoms with Crippen molar-refractivity contribution in [3.63, 3.8) is 0 Å². The number of carbonyl (C=O) groups is 1. The van der Waals surface area contributed by atoms with Crippen LogP contribution in [-0.2, 0) is 6.54 Å². The van der Waals surface area contributed by atoms with Crippen molar-refractivity contribution in [2.75, 3.05) is 0 Å². The Morgan fingerprint density at radius 1 is 1.33 bits per heavy atom. The van der Waals surface area contributed by atoms with Crippen LogP contribution >= 0.6 is 11.6 Å². The largest absolute Gasteiger partial charge is 0.346 e. The average Bonchev–Trinajstić information content (AvgIpc) is 2.40. The summed E-state index contributed by atoms with van der Waals surface area (Å²) in [5.74, 6) is -1.11. The summed E-state index contributed by atoms with van der Waals surface area (Å²) in [6.07, 6.45) is 1.63. The molecule has 1 N–H and O–H groups in total. The first-order valence-electron chi connectivity index (χ1n) is 5.30.